The first-order valence-corrected chi connectivity index (χ1v) is 9.83. The molecule has 150 valence electrons. The number of carbonyl (C=O) groups excluding carboxylic acids is 1. The van der Waals surface area contributed by atoms with Crippen molar-refractivity contribution in [2.24, 2.45) is 11.7 Å². The molecule has 0 bridgehead atoms. The first-order valence-electron chi connectivity index (χ1n) is 9.83. The Kier molecular flexibility index (Phi) is 5.43. The maximum absolute atomic E-state index is 11.5. The number of aromatic nitrogens is 4. The molecule has 1 atom stereocenters. The van der Waals surface area contributed by atoms with Gasteiger partial charge >= 0.3 is 0 Å². The number of rotatable bonds is 7. The molecule has 0 saturated carbocycles. The van der Waals surface area contributed by atoms with Gasteiger partial charge in [0.05, 0.1) is 12.6 Å². The van der Waals surface area contributed by atoms with Crippen molar-refractivity contribution in [3.8, 4) is 11.5 Å². The van der Waals surface area contributed by atoms with Crippen molar-refractivity contribution in [1.82, 2.24) is 25.1 Å². The molecule has 2 aliphatic rings. The van der Waals surface area contributed by atoms with Crippen LogP contribution >= 0.6 is 0 Å². The highest BCUT2D eigenvalue weighted by Gasteiger charge is 2.31. The van der Waals surface area contributed by atoms with Crippen LogP contribution in [0.5, 0.6) is 11.5 Å². The summed E-state index contributed by atoms with van der Waals surface area (Å²) in [6, 6.07) is 6.02. The highest BCUT2D eigenvalue weighted by Crippen LogP contribution is 2.33. The van der Waals surface area contributed by atoms with Crippen molar-refractivity contribution in [3.63, 3.8) is 0 Å². The third kappa shape index (κ3) is 3.80. The van der Waals surface area contributed by atoms with Crippen LogP contribution in [-0.2, 0) is 11.3 Å². The maximum atomic E-state index is 11.5. The van der Waals surface area contributed by atoms with Gasteiger partial charge in [0, 0.05) is 5.92 Å². The van der Waals surface area contributed by atoms with Crippen molar-refractivity contribution in [2.75, 3.05) is 19.9 Å². The summed E-state index contributed by atoms with van der Waals surface area (Å²) in [6.07, 6.45) is 3.57. The Morgan fingerprint density at radius 3 is 2.82 bits per heavy atom. The summed E-state index contributed by atoms with van der Waals surface area (Å²) in [7, 11) is 0. The summed E-state index contributed by atoms with van der Waals surface area (Å²) in [5, 5.41) is 12.5. The molecule has 1 aromatic heterocycles. The Balaban J connectivity index is 1.51. The van der Waals surface area contributed by atoms with Crippen LogP contribution in [0.3, 0.4) is 0 Å². The van der Waals surface area contributed by atoms with Gasteiger partial charge in [-0.05, 0) is 60.5 Å². The SMILES string of the molecule is CCC[C@H](c1nnnn1Cc1ccc2c(c1)OCO2)N1CCC(C(N)=O)CC1. The minimum atomic E-state index is -0.195. The van der Waals surface area contributed by atoms with Gasteiger partial charge in [0.15, 0.2) is 17.3 Å². The van der Waals surface area contributed by atoms with Crippen LogP contribution in [0.25, 0.3) is 0 Å². The average molecular weight is 386 g/mol. The molecule has 0 radical (unpaired) electrons. The fraction of sp³-hybridized carbons (Fsp3) is 0.579. The number of carbonyl (C=O) groups is 1. The zero-order chi connectivity index (χ0) is 19.5. The number of piperidine rings is 1. The number of nitrogens with two attached hydrogens (primary N) is 1. The quantitative estimate of drug-likeness (QED) is 0.768. The number of primary amides is 1. The number of benzene rings is 1. The highest BCUT2D eigenvalue weighted by atomic mass is 16.7. The number of hydrogen-bond acceptors (Lipinski definition) is 7. The summed E-state index contributed by atoms with van der Waals surface area (Å²) >= 11 is 0. The van der Waals surface area contributed by atoms with Crippen LogP contribution in [0.1, 0.15) is 50.0 Å². The van der Waals surface area contributed by atoms with E-state index in [9.17, 15) is 4.79 Å². The number of tetrazole rings is 1. The molecular formula is C19H26N6O3. The first-order chi connectivity index (χ1) is 13.7. The number of hydrogen-bond donors (Lipinski definition) is 1. The molecule has 3 heterocycles. The van der Waals surface area contributed by atoms with Crippen molar-refractivity contribution >= 4 is 5.91 Å². The van der Waals surface area contributed by atoms with Crippen LogP contribution < -0.4 is 15.2 Å². The third-order valence-electron chi connectivity index (χ3n) is 5.56. The summed E-state index contributed by atoms with van der Waals surface area (Å²) in [6.45, 7) is 4.64. The molecule has 1 fully saturated rings. The zero-order valence-electron chi connectivity index (χ0n) is 16.1. The smallest absolute Gasteiger partial charge is 0.231 e. The Hall–Kier alpha value is -2.68. The average Bonchev–Trinajstić information content (AvgIpc) is 3.35. The molecule has 9 nitrogen and oxygen atoms in total. The Morgan fingerprint density at radius 2 is 2.07 bits per heavy atom. The van der Waals surface area contributed by atoms with Gasteiger partial charge in [-0.1, -0.05) is 19.4 Å². The van der Waals surface area contributed by atoms with Crippen LogP contribution in [0, 0.1) is 5.92 Å². The molecule has 1 amide bonds. The lowest BCUT2D eigenvalue weighted by Crippen LogP contribution is -2.41. The molecular weight excluding hydrogens is 360 g/mol. The van der Waals surface area contributed by atoms with Gasteiger partial charge in [0.1, 0.15) is 0 Å². The Bertz CT molecular complexity index is 831. The largest absolute Gasteiger partial charge is 0.454 e. The topological polar surface area (TPSA) is 108 Å². The lowest BCUT2D eigenvalue weighted by molar-refractivity contribution is -0.123. The van der Waals surface area contributed by atoms with E-state index in [0.717, 1.165) is 61.7 Å². The van der Waals surface area contributed by atoms with Gasteiger partial charge < -0.3 is 15.2 Å². The highest BCUT2D eigenvalue weighted by molar-refractivity contribution is 5.76. The second-order valence-corrected chi connectivity index (χ2v) is 7.40. The fourth-order valence-electron chi connectivity index (χ4n) is 4.02. The summed E-state index contributed by atoms with van der Waals surface area (Å²) in [5.41, 5.74) is 6.53. The van der Waals surface area contributed by atoms with Crippen molar-refractivity contribution in [2.45, 2.75) is 45.2 Å². The molecule has 1 aromatic carbocycles. The monoisotopic (exact) mass is 386 g/mol. The molecule has 0 unspecified atom stereocenters. The minimum Gasteiger partial charge on any atom is -0.454 e. The standard InChI is InChI=1S/C19H26N6O3/c1-2-3-15(24-8-6-14(7-9-24)18(20)26)19-21-22-23-25(19)11-13-4-5-16-17(10-13)28-12-27-16/h4-5,10,14-15H,2-3,6-9,11-12H2,1H3,(H2,20,26)/t15-/m1/s1. The van der Waals surface area contributed by atoms with Crippen molar-refractivity contribution in [3.05, 3.63) is 29.6 Å². The number of fused-ring (bicyclic) bond motifs is 1. The van der Waals surface area contributed by atoms with E-state index in [0.29, 0.717) is 6.54 Å². The van der Waals surface area contributed by atoms with Crippen LogP contribution in [0.15, 0.2) is 18.2 Å². The van der Waals surface area contributed by atoms with Gasteiger partial charge in [0.2, 0.25) is 12.7 Å². The first kappa shape index (κ1) is 18.7. The van der Waals surface area contributed by atoms with Crippen LogP contribution in [-0.4, -0.2) is 50.9 Å². The van der Waals surface area contributed by atoms with E-state index in [1.54, 1.807) is 0 Å². The molecule has 9 heteroatoms. The van der Waals surface area contributed by atoms with E-state index in [-0.39, 0.29) is 24.7 Å². The second kappa shape index (κ2) is 8.14. The van der Waals surface area contributed by atoms with Gasteiger partial charge in [0.25, 0.3) is 0 Å². The lowest BCUT2D eigenvalue weighted by Gasteiger charge is -2.36. The summed E-state index contributed by atoms with van der Waals surface area (Å²) in [5.74, 6) is 2.16. The van der Waals surface area contributed by atoms with E-state index < -0.39 is 0 Å². The van der Waals surface area contributed by atoms with Crippen molar-refractivity contribution in [1.29, 1.82) is 0 Å². The number of ether oxygens (including phenoxy) is 2. The maximum Gasteiger partial charge on any atom is 0.231 e. The normalized spacial score (nSPS) is 18.3. The van der Waals surface area contributed by atoms with E-state index in [2.05, 4.69) is 27.3 Å². The Labute approximate surface area is 163 Å². The third-order valence-corrected chi connectivity index (χ3v) is 5.56. The van der Waals surface area contributed by atoms with Crippen molar-refractivity contribution < 1.29 is 14.3 Å². The molecule has 2 aliphatic heterocycles. The van der Waals surface area contributed by atoms with Crippen LogP contribution in [0.4, 0.5) is 0 Å². The minimum absolute atomic E-state index is 0.0249. The number of likely N-dealkylation sites (tertiary alicyclic amines) is 1. The van der Waals surface area contributed by atoms with Gasteiger partial charge in [-0.15, -0.1) is 5.10 Å². The zero-order valence-corrected chi connectivity index (χ0v) is 16.1. The summed E-state index contributed by atoms with van der Waals surface area (Å²) in [4.78, 5) is 13.9. The fourth-order valence-corrected chi connectivity index (χ4v) is 4.02. The lowest BCUT2D eigenvalue weighted by atomic mass is 9.94. The molecule has 2 aromatic rings. The van der Waals surface area contributed by atoms with E-state index >= 15 is 0 Å². The van der Waals surface area contributed by atoms with Gasteiger partial charge in [-0.25, -0.2) is 4.68 Å². The van der Waals surface area contributed by atoms with Crippen LogP contribution in [0.2, 0.25) is 0 Å². The molecule has 0 aliphatic carbocycles. The molecule has 4 rings (SSSR count). The Morgan fingerprint density at radius 1 is 1.29 bits per heavy atom. The van der Waals surface area contributed by atoms with E-state index in [4.69, 9.17) is 15.2 Å². The summed E-state index contributed by atoms with van der Waals surface area (Å²) < 4.78 is 12.7. The van der Waals surface area contributed by atoms with E-state index in [1.807, 2.05) is 22.9 Å². The predicted molar refractivity (Wildman–Crippen MR) is 101 cm³/mol. The van der Waals surface area contributed by atoms with Gasteiger partial charge in [-0.3, -0.25) is 9.69 Å². The molecule has 2 N–H and O–H groups in total. The molecule has 28 heavy (non-hydrogen) atoms. The number of nitrogens with zero attached hydrogens (tertiary/aromatic N) is 5. The predicted octanol–water partition coefficient (Wildman–Crippen LogP) is 1.49. The molecule has 0 spiro atoms. The van der Waals surface area contributed by atoms with E-state index in [1.165, 1.54) is 0 Å². The second-order valence-electron chi connectivity index (χ2n) is 7.40. The molecule has 1 saturated heterocycles. The van der Waals surface area contributed by atoms with Gasteiger partial charge in [-0.2, -0.15) is 0 Å². The number of amides is 1.